The van der Waals surface area contributed by atoms with Crippen molar-refractivity contribution in [1.82, 2.24) is 0 Å². The molecule has 0 fully saturated rings. The summed E-state index contributed by atoms with van der Waals surface area (Å²) in [6.45, 7) is 0. The number of hydrogen-bond donors (Lipinski definition) is 0. The fraction of sp³-hybridized carbons (Fsp3) is 0.308. The van der Waals surface area contributed by atoms with Gasteiger partial charge >= 0.3 is 0 Å². The first-order valence-electron chi connectivity index (χ1n) is 5.15. The second-order valence-corrected chi connectivity index (χ2v) is 3.72. The van der Waals surface area contributed by atoms with Gasteiger partial charge in [0.05, 0.1) is 7.11 Å². The van der Waals surface area contributed by atoms with Crippen LogP contribution in [0.2, 0.25) is 0 Å². The zero-order chi connectivity index (χ0) is 10.7. The van der Waals surface area contributed by atoms with Crippen LogP contribution in [-0.4, -0.2) is 12.9 Å². The van der Waals surface area contributed by atoms with Crippen molar-refractivity contribution in [2.45, 2.75) is 19.3 Å². The molecular weight excluding hydrogens is 188 g/mol. The summed E-state index contributed by atoms with van der Waals surface area (Å²) in [5.74, 6) is 1.15. The summed E-state index contributed by atoms with van der Waals surface area (Å²) < 4.78 is 5.08. The first kappa shape index (κ1) is 9.97. The Morgan fingerprint density at radius 1 is 1.27 bits per heavy atom. The summed E-state index contributed by atoms with van der Waals surface area (Å²) in [6.07, 6.45) is 4.39. The number of hydrogen-bond acceptors (Lipinski definition) is 2. The molecule has 0 unspecified atom stereocenters. The third-order valence-electron chi connectivity index (χ3n) is 2.67. The van der Waals surface area contributed by atoms with E-state index in [1.165, 1.54) is 0 Å². The number of carbonyl (C=O) groups is 1. The Bertz CT molecular complexity index is 388. The van der Waals surface area contributed by atoms with Gasteiger partial charge in [0.1, 0.15) is 5.75 Å². The molecule has 1 aliphatic carbocycles. The van der Waals surface area contributed by atoms with Crippen molar-refractivity contribution in [2.24, 2.45) is 0 Å². The van der Waals surface area contributed by atoms with Crippen LogP contribution in [0.15, 0.2) is 35.9 Å². The van der Waals surface area contributed by atoms with Crippen molar-refractivity contribution in [1.29, 1.82) is 0 Å². The highest BCUT2D eigenvalue weighted by Crippen LogP contribution is 2.20. The van der Waals surface area contributed by atoms with E-state index in [4.69, 9.17) is 4.74 Å². The number of benzene rings is 1. The third-order valence-corrected chi connectivity index (χ3v) is 2.67. The van der Waals surface area contributed by atoms with E-state index in [1.807, 2.05) is 30.3 Å². The minimum atomic E-state index is 0.297. The molecule has 2 rings (SSSR count). The number of methoxy groups -OCH3 is 1. The number of Topliss-reactive ketones (excluding diaryl/α,β-unsaturated/α-hetero) is 1. The molecule has 0 saturated carbocycles. The van der Waals surface area contributed by atoms with Gasteiger partial charge in [0.15, 0.2) is 5.78 Å². The average Bonchev–Trinajstić information content (AvgIpc) is 2.66. The molecule has 0 aromatic heterocycles. The van der Waals surface area contributed by atoms with Gasteiger partial charge in [-0.25, -0.2) is 0 Å². The maximum Gasteiger partial charge on any atom is 0.159 e. The smallest absolute Gasteiger partial charge is 0.159 e. The van der Waals surface area contributed by atoms with E-state index in [2.05, 4.69) is 0 Å². The molecule has 0 heterocycles. The Labute approximate surface area is 89.6 Å². The molecule has 1 aromatic carbocycles. The van der Waals surface area contributed by atoms with Gasteiger partial charge in [-0.3, -0.25) is 4.79 Å². The molecule has 0 saturated heterocycles. The Kier molecular flexibility index (Phi) is 2.86. The Morgan fingerprint density at radius 3 is 2.53 bits per heavy atom. The first-order valence-corrected chi connectivity index (χ1v) is 5.15. The molecule has 0 N–H and O–H groups in total. The quantitative estimate of drug-likeness (QED) is 0.752. The lowest BCUT2D eigenvalue weighted by Gasteiger charge is -2.03. The lowest BCUT2D eigenvalue weighted by molar-refractivity contribution is -0.115. The van der Waals surface area contributed by atoms with E-state index < -0.39 is 0 Å². The summed E-state index contributed by atoms with van der Waals surface area (Å²) in [5, 5.41) is 0. The Morgan fingerprint density at radius 2 is 2.00 bits per heavy atom. The fourth-order valence-corrected chi connectivity index (χ4v) is 1.79. The van der Waals surface area contributed by atoms with E-state index in [9.17, 15) is 4.79 Å². The van der Waals surface area contributed by atoms with Crippen LogP contribution < -0.4 is 4.74 Å². The van der Waals surface area contributed by atoms with Gasteiger partial charge in [0.2, 0.25) is 0 Å². The van der Waals surface area contributed by atoms with Crippen molar-refractivity contribution in [3.05, 3.63) is 41.5 Å². The van der Waals surface area contributed by atoms with E-state index in [1.54, 1.807) is 7.11 Å². The fourth-order valence-electron chi connectivity index (χ4n) is 1.79. The lowest BCUT2D eigenvalue weighted by Crippen LogP contribution is -1.99. The number of rotatable bonds is 3. The summed E-state index contributed by atoms with van der Waals surface area (Å²) in [7, 11) is 1.65. The van der Waals surface area contributed by atoms with Crippen molar-refractivity contribution in [3.8, 4) is 5.75 Å². The molecule has 0 aliphatic heterocycles. The van der Waals surface area contributed by atoms with Crippen LogP contribution in [0.1, 0.15) is 18.4 Å². The molecule has 0 radical (unpaired) electrons. The Balaban J connectivity index is 2.08. The second-order valence-electron chi connectivity index (χ2n) is 3.72. The zero-order valence-corrected chi connectivity index (χ0v) is 8.82. The van der Waals surface area contributed by atoms with E-state index in [-0.39, 0.29) is 0 Å². The van der Waals surface area contributed by atoms with Crippen LogP contribution >= 0.6 is 0 Å². The van der Waals surface area contributed by atoms with Gasteiger partial charge in [-0.1, -0.05) is 18.2 Å². The van der Waals surface area contributed by atoms with E-state index in [0.29, 0.717) is 12.2 Å². The maximum absolute atomic E-state index is 11.4. The lowest BCUT2D eigenvalue weighted by atomic mass is 10.0. The number of allylic oxidation sites excluding steroid dienone is 2. The first-order chi connectivity index (χ1) is 7.29. The monoisotopic (exact) mass is 202 g/mol. The normalized spacial score (nSPS) is 15.3. The predicted octanol–water partition coefficient (Wildman–Crippen LogP) is 2.53. The van der Waals surface area contributed by atoms with Crippen molar-refractivity contribution >= 4 is 5.78 Å². The number of ether oxygens (including phenoxy) is 1. The number of carbonyl (C=O) groups excluding carboxylic acids is 1. The molecule has 0 spiro atoms. The summed E-state index contributed by atoms with van der Waals surface area (Å²) >= 11 is 0. The molecule has 2 nitrogen and oxygen atoms in total. The maximum atomic E-state index is 11.4. The standard InChI is InChI=1S/C13H14O2/c1-15-12-7-5-10(6-8-12)9-11-3-2-4-13(11)14/h3,5-8H,2,4,9H2,1H3. The SMILES string of the molecule is COc1ccc(CC2=CCCC2=O)cc1. The van der Waals surface area contributed by atoms with E-state index in [0.717, 1.165) is 29.7 Å². The summed E-state index contributed by atoms with van der Waals surface area (Å²) in [6, 6.07) is 7.86. The Hall–Kier alpha value is -1.57. The van der Waals surface area contributed by atoms with Crippen molar-refractivity contribution in [3.63, 3.8) is 0 Å². The van der Waals surface area contributed by atoms with Crippen LogP contribution in [-0.2, 0) is 11.2 Å². The van der Waals surface area contributed by atoms with Gasteiger partial charge < -0.3 is 4.74 Å². The summed E-state index contributed by atoms with van der Waals surface area (Å²) in [4.78, 5) is 11.4. The van der Waals surface area contributed by atoms with Crippen LogP contribution in [0.3, 0.4) is 0 Å². The second kappa shape index (κ2) is 4.30. The van der Waals surface area contributed by atoms with Crippen molar-refractivity contribution in [2.75, 3.05) is 7.11 Å². The van der Waals surface area contributed by atoms with Crippen LogP contribution in [0.4, 0.5) is 0 Å². The highest BCUT2D eigenvalue weighted by atomic mass is 16.5. The molecule has 78 valence electrons. The molecule has 0 amide bonds. The largest absolute Gasteiger partial charge is 0.497 e. The predicted molar refractivity (Wildman–Crippen MR) is 59.0 cm³/mol. The highest BCUT2D eigenvalue weighted by molar-refractivity contribution is 5.97. The molecule has 0 bridgehead atoms. The molecule has 15 heavy (non-hydrogen) atoms. The van der Waals surface area contributed by atoms with Gasteiger partial charge in [0.25, 0.3) is 0 Å². The van der Waals surface area contributed by atoms with Gasteiger partial charge in [-0.15, -0.1) is 0 Å². The number of ketones is 1. The highest BCUT2D eigenvalue weighted by Gasteiger charge is 2.14. The zero-order valence-electron chi connectivity index (χ0n) is 8.82. The molecule has 0 atom stereocenters. The molecule has 2 heteroatoms. The van der Waals surface area contributed by atoms with Crippen LogP contribution in [0, 0.1) is 0 Å². The topological polar surface area (TPSA) is 26.3 Å². The van der Waals surface area contributed by atoms with Crippen LogP contribution in [0.5, 0.6) is 5.75 Å². The summed E-state index contributed by atoms with van der Waals surface area (Å²) in [5.41, 5.74) is 2.12. The molecule has 1 aromatic rings. The minimum absolute atomic E-state index is 0.297. The third kappa shape index (κ3) is 2.27. The molecular formula is C13H14O2. The molecule has 1 aliphatic rings. The minimum Gasteiger partial charge on any atom is -0.497 e. The van der Waals surface area contributed by atoms with Crippen molar-refractivity contribution < 1.29 is 9.53 Å². The van der Waals surface area contributed by atoms with Gasteiger partial charge in [-0.05, 0) is 29.7 Å². The average molecular weight is 202 g/mol. The van der Waals surface area contributed by atoms with Gasteiger partial charge in [0, 0.05) is 12.8 Å². The van der Waals surface area contributed by atoms with Gasteiger partial charge in [-0.2, -0.15) is 0 Å². The van der Waals surface area contributed by atoms with Crippen LogP contribution in [0.25, 0.3) is 0 Å². The van der Waals surface area contributed by atoms with E-state index >= 15 is 0 Å².